The van der Waals surface area contributed by atoms with Gasteiger partial charge in [0.1, 0.15) is 5.75 Å². The summed E-state index contributed by atoms with van der Waals surface area (Å²) in [6.45, 7) is 9.02. The van der Waals surface area contributed by atoms with E-state index in [0.29, 0.717) is 31.7 Å². The fourth-order valence-electron chi connectivity index (χ4n) is 2.70. The lowest BCUT2D eigenvalue weighted by atomic mass is 10.1. The third-order valence-corrected chi connectivity index (χ3v) is 5.95. The maximum atomic E-state index is 12.6. The molecule has 0 radical (unpaired) electrons. The van der Waals surface area contributed by atoms with Gasteiger partial charge in [0, 0.05) is 31.7 Å². The van der Waals surface area contributed by atoms with Crippen molar-refractivity contribution in [2.75, 3.05) is 31.9 Å². The van der Waals surface area contributed by atoms with Crippen molar-refractivity contribution < 1.29 is 17.9 Å². The molecule has 0 aliphatic carbocycles. The van der Waals surface area contributed by atoms with Crippen LogP contribution in [0.1, 0.15) is 36.7 Å². The highest BCUT2D eigenvalue weighted by Crippen LogP contribution is 2.22. The van der Waals surface area contributed by atoms with Gasteiger partial charge in [-0.15, -0.1) is 0 Å². The van der Waals surface area contributed by atoms with Gasteiger partial charge in [0.2, 0.25) is 10.0 Å². The number of carbonyl (C=O) groups excluding carboxylic acids is 1. The molecule has 0 atom stereocenters. The molecule has 6 nitrogen and oxygen atoms in total. The topological polar surface area (TPSA) is 66.9 Å². The third-order valence-electron chi connectivity index (χ3n) is 4.07. The van der Waals surface area contributed by atoms with Crippen LogP contribution in [0.15, 0.2) is 18.2 Å². The van der Waals surface area contributed by atoms with Gasteiger partial charge in [0.05, 0.1) is 11.9 Å². The van der Waals surface area contributed by atoms with Crippen LogP contribution in [-0.2, 0) is 10.0 Å². The summed E-state index contributed by atoms with van der Waals surface area (Å²) in [5, 5.41) is 0. The van der Waals surface area contributed by atoms with Crippen molar-refractivity contribution in [3.05, 3.63) is 29.3 Å². The number of hydrogen-bond donors (Lipinski definition) is 0. The molecular weight excluding hydrogens is 328 g/mol. The van der Waals surface area contributed by atoms with Gasteiger partial charge >= 0.3 is 0 Å². The number of piperazine rings is 1. The summed E-state index contributed by atoms with van der Waals surface area (Å²) in [6, 6.07) is 5.41. The molecule has 0 spiro atoms. The lowest BCUT2D eigenvalue weighted by molar-refractivity contribution is 0.0698. The van der Waals surface area contributed by atoms with Crippen molar-refractivity contribution in [1.29, 1.82) is 0 Å². The second kappa shape index (κ2) is 7.53. The van der Waals surface area contributed by atoms with Crippen molar-refractivity contribution >= 4 is 15.9 Å². The number of amides is 1. The average Bonchev–Trinajstić information content (AvgIpc) is 2.56. The molecule has 0 bridgehead atoms. The van der Waals surface area contributed by atoms with Gasteiger partial charge in [0.25, 0.3) is 5.91 Å². The predicted molar refractivity (Wildman–Crippen MR) is 93.9 cm³/mol. The Kier molecular flexibility index (Phi) is 5.87. The number of ether oxygens (including phenoxy) is 1. The number of hydrogen-bond acceptors (Lipinski definition) is 4. The van der Waals surface area contributed by atoms with Gasteiger partial charge in [0.15, 0.2) is 0 Å². The van der Waals surface area contributed by atoms with Crippen molar-refractivity contribution in [3.63, 3.8) is 0 Å². The highest BCUT2D eigenvalue weighted by Gasteiger charge is 2.28. The van der Waals surface area contributed by atoms with E-state index in [2.05, 4.69) is 0 Å². The Bertz CT molecular complexity index is 693. The molecule has 1 saturated heterocycles. The summed E-state index contributed by atoms with van der Waals surface area (Å²) in [7, 11) is -3.18. The van der Waals surface area contributed by atoms with Crippen molar-refractivity contribution in [2.45, 2.75) is 33.8 Å². The molecule has 1 heterocycles. The lowest BCUT2D eigenvalue weighted by Crippen LogP contribution is -2.50. The molecule has 1 aromatic carbocycles. The molecule has 0 aromatic heterocycles. The Balaban J connectivity index is 2.04. The molecule has 0 unspecified atom stereocenters. The van der Waals surface area contributed by atoms with Crippen LogP contribution in [0, 0.1) is 6.92 Å². The number of benzene rings is 1. The zero-order valence-corrected chi connectivity index (χ0v) is 15.6. The van der Waals surface area contributed by atoms with Crippen molar-refractivity contribution in [2.24, 2.45) is 0 Å². The van der Waals surface area contributed by atoms with Gasteiger partial charge in [-0.25, -0.2) is 8.42 Å². The van der Waals surface area contributed by atoms with E-state index in [1.54, 1.807) is 17.9 Å². The Labute approximate surface area is 144 Å². The molecule has 2 rings (SSSR count). The number of aryl methyl sites for hydroxylation is 1. The highest BCUT2D eigenvalue weighted by molar-refractivity contribution is 7.89. The Hall–Kier alpha value is -1.60. The molecule has 1 aliphatic heterocycles. The summed E-state index contributed by atoms with van der Waals surface area (Å²) in [5.41, 5.74) is 1.53. The Morgan fingerprint density at radius 1 is 1.21 bits per heavy atom. The zero-order valence-electron chi connectivity index (χ0n) is 14.8. The third kappa shape index (κ3) is 4.27. The van der Waals surface area contributed by atoms with Crippen LogP contribution in [0.2, 0.25) is 0 Å². The molecule has 7 heteroatoms. The summed E-state index contributed by atoms with van der Waals surface area (Å²) in [4.78, 5) is 14.3. The quantitative estimate of drug-likeness (QED) is 0.810. The van der Waals surface area contributed by atoms with Crippen LogP contribution in [0.3, 0.4) is 0 Å². The minimum absolute atomic E-state index is 0.0669. The molecule has 1 fully saturated rings. The molecule has 134 valence electrons. The average molecular weight is 354 g/mol. The van der Waals surface area contributed by atoms with Gasteiger partial charge in [-0.05, 0) is 51.5 Å². The first-order chi connectivity index (χ1) is 11.2. The summed E-state index contributed by atoms with van der Waals surface area (Å²) in [6.07, 6.45) is 0.0823. The minimum Gasteiger partial charge on any atom is -0.491 e. The Morgan fingerprint density at radius 3 is 2.33 bits per heavy atom. The molecule has 0 N–H and O–H groups in total. The van der Waals surface area contributed by atoms with E-state index in [0.717, 1.165) is 11.3 Å². The van der Waals surface area contributed by atoms with Crippen molar-refractivity contribution in [3.8, 4) is 5.75 Å². The zero-order chi connectivity index (χ0) is 17.9. The van der Waals surface area contributed by atoms with Crippen LogP contribution in [0.5, 0.6) is 5.75 Å². The SMILES string of the molecule is CCS(=O)(=O)N1CCN(C(=O)c2ccc(OC(C)C)c(C)c2)CC1. The lowest BCUT2D eigenvalue weighted by Gasteiger charge is -2.34. The maximum absolute atomic E-state index is 12.6. The van der Waals surface area contributed by atoms with E-state index in [1.165, 1.54) is 4.31 Å². The maximum Gasteiger partial charge on any atom is 0.253 e. The predicted octanol–water partition coefficient (Wildman–Crippen LogP) is 1.89. The molecule has 24 heavy (non-hydrogen) atoms. The summed E-state index contributed by atoms with van der Waals surface area (Å²) < 4.78 is 30.9. The smallest absolute Gasteiger partial charge is 0.253 e. The number of sulfonamides is 1. The number of carbonyl (C=O) groups is 1. The monoisotopic (exact) mass is 354 g/mol. The molecule has 1 aromatic rings. The number of nitrogens with zero attached hydrogens (tertiary/aromatic N) is 2. The van der Waals surface area contributed by atoms with Crippen LogP contribution < -0.4 is 4.74 Å². The second-order valence-electron chi connectivity index (χ2n) is 6.24. The van der Waals surface area contributed by atoms with Crippen molar-refractivity contribution in [1.82, 2.24) is 9.21 Å². The van der Waals surface area contributed by atoms with E-state index in [4.69, 9.17) is 4.74 Å². The molecule has 0 saturated carbocycles. The second-order valence-corrected chi connectivity index (χ2v) is 8.50. The fraction of sp³-hybridized carbons (Fsp3) is 0.588. The van der Waals surface area contributed by atoms with Gasteiger partial charge < -0.3 is 9.64 Å². The van der Waals surface area contributed by atoms with Gasteiger partial charge in [-0.2, -0.15) is 4.31 Å². The summed E-state index contributed by atoms with van der Waals surface area (Å²) in [5.74, 6) is 0.806. The first-order valence-corrected chi connectivity index (χ1v) is 9.90. The molecule has 1 aliphatic rings. The normalized spacial score (nSPS) is 16.5. The fourth-order valence-corrected chi connectivity index (χ4v) is 3.79. The van der Waals surface area contributed by atoms with E-state index >= 15 is 0 Å². The standard InChI is InChI=1S/C17H26N2O4S/c1-5-24(21,22)19-10-8-18(9-11-19)17(20)15-6-7-16(14(4)12-15)23-13(2)3/h6-7,12-13H,5,8-11H2,1-4H3. The van der Waals surface area contributed by atoms with Crippen LogP contribution in [0.4, 0.5) is 0 Å². The van der Waals surface area contributed by atoms with E-state index < -0.39 is 10.0 Å². The van der Waals surface area contributed by atoms with E-state index in [1.807, 2.05) is 32.9 Å². The molecule has 1 amide bonds. The van der Waals surface area contributed by atoms with Gasteiger partial charge in [-0.3, -0.25) is 4.79 Å². The first kappa shape index (κ1) is 18.7. The highest BCUT2D eigenvalue weighted by atomic mass is 32.2. The van der Waals surface area contributed by atoms with Crippen LogP contribution in [-0.4, -0.2) is 61.6 Å². The largest absolute Gasteiger partial charge is 0.491 e. The van der Waals surface area contributed by atoms with Crippen LogP contribution >= 0.6 is 0 Å². The van der Waals surface area contributed by atoms with E-state index in [9.17, 15) is 13.2 Å². The van der Waals surface area contributed by atoms with Gasteiger partial charge in [-0.1, -0.05) is 0 Å². The Morgan fingerprint density at radius 2 is 1.83 bits per heavy atom. The summed E-state index contributed by atoms with van der Waals surface area (Å²) >= 11 is 0. The van der Waals surface area contributed by atoms with Crippen LogP contribution in [0.25, 0.3) is 0 Å². The number of rotatable bonds is 5. The van der Waals surface area contributed by atoms with E-state index in [-0.39, 0.29) is 17.8 Å². The first-order valence-electron chi connectivity index (χ1n) is 8.29. The minimum atomic E-state index is -3.18. The molecular formula is C17H26N2O4S.